The molecule has 3 aromatic carbocycles. The van der Waals surface area contributed by atoms with Crippen molar-refractivity contribution in [1.82, 2.24) is 0 Å². The minimum atomic E-state index is -4.48. The fourth-order valence-electron chi connectivity index (χ4n) is 2.42. The highest BCUT2D eigenvalue weighted by Crippen LogP contribution is 2.39. The molecule has 138 valence electrons. The van der Waals surface area contributed by atoms with E-state index in [1.165, 1.54) is 36.4 Å². The van der Waals surface area contributed by atoms with Gasteiger partial charge in [-0.25, -0.2) is 0 Å². The van der Waals surface area contributed by atoms with Crippen molar-refractivity contribution in [2.75, 3.05) is 0 Å². The summed E-state index contributed by atoms with van der Waals surface area (Å²) in [6.45, 7) is 0. The van der Waals surface area contributed by atoms with Crippen LogP contribution in [0.2, 0.25) is 0 Å². The van der Waals surface area contributed by atoms with Gasteiger partial charge in [-0.15, -0.1) is 10.2 Å². The Balaban J connectivity index is 2.05. The fourth-order valence-corrected chi connectivity index (χ4v) is 3.13. The largest absolute Gasteiger partial charge is 0.505 e. The molecule has 0 bridgehead atoms. The number of non-ortho nitro benzene ring substituents is 1. The van der Waals surface area contributed by atoms with Gasteiger partial charge in [-0.1, -0.05) is 18.2 Å². The van der Waals surface area contributed by atoms with Gasteiger partial charge < -0.3 is 10.2 Å². The number of benzene rings is 3. The summed E-state index contributed by atoms with van der Waals surface area (Å²) >= 11 is 0. The Kier molecular flexibility index (Phi) is 4.47. The van der Waals surface area contributed by atoms with Crippen LogP contribution < -0.4 is 0 Å². The molecule has 0 atom stereocenters. The molecule has 0 heterocycles. The Morgan fingerprint density at radius 3 is 2.22 bits per heavy atom. The van der Waals surface area contributed by atoms with Gasteiger partial charge in [0.25, 0.3) is 15.8 Å². The summed E-state index contributed by atoms with van der Waals surface area (Å²) in [5.74, 6) is -0.856. The lowest BCUT2D eigenvalue weighted by molar-refractivity contribution is -0.384. The predicted molar refractivity (Wildman–Crippen MR) is 94.4 cm³/mol. The molecule has 0 aliphatic rings. The molecule has 0 aliphatic heterocycles. The SMILES string of the molecule is O=[N+]([O-])c1ccc(N=Nc2ccc3c(S(=O)(=O)O)cccc3c2O)c(O)c1. The zero-order chi connectivity index (χ0) is 19.8. The predicted octanol–water partition coefficient (Wildman–Crippen LogP) is 3.82. The van der Waals surface area contributed by atoms with Gasteiger partial charge in [-0.05, 0) is 18.2 Å². The van der Waals surface area contributed by atoms with E-state index in [0.29, 0.717) is 0 Å². The quantitative estimate of drug-likeness (QED) is 0.264. The van der Waals surface area contributed by atoms with Crippen molar-refractivity contribution >= 4 is 38.0 Å². The summed E-state index contributed by atoms with van der Waals surface area (Å²) in [5, 5.41) is 38.5. The Hall–Kier alpha value is -3.57. The molecule has 0 aromatic heterocycles. The summed E-state index contributed by atoms with van der Waals surface area (Å²) in [5.41, 5.74) is -0.419. The first-order valence-corrected chi connectivity index (χ1v) is 8.74. The molecule has 3 aromatic rings. The number of nitrogens with zero attached hydrogens (tertiary/aromatic N) is 3. The third-order valence-electron chi connectivity index (χ3n) is 3.68. The van der Waals surface area contributed by atoms with Crippen molar-refractivity contribution in [3.8, 4) is 11.5 Å². The Labute approximate surface area is 151 Å². The van der Waals surface area contributed by atoms with Crippen LogP contribution in [0.15, 0.2) is 63.7 Å². The molecule has 3 N–H and O–H groups in total. The van der Waals surface area contributed by atoms with Gasteiger partial charge in [0.2, 0.25) is 0 Å². The number of aromatic hydroxyl groups is 2. The number of fused-ring (bicyclic) bond motifs is 1. The molecular formula is C16H11N3O7S. The number of hydrogen-bond donors (Lipinski definition) is 3. The topological polar surface area (TPSA) is 163 Å². The highest BCUT2D eigenvalue weighted by Gasteiger charge is 2.17. The van der Waals surface area contributed by atoms with Crippen LogP contribution in [0.25, 0.3) is 10.8 Å². The second kappa shape index (κ2) is 6.63. The molecule has 0 aliphatic carbocycles. The number of hydrogen-bond acceptors (Lipinski definition) is 8. The minimum Gasteiger partial charge on any atom is -0.505 e. The second-order valence-electron chi connectivity index (χ2n) is 5.39. The maximum absolute atomic E-state index is 11.4. The van der Waals surface area contributed by atoms with E-state index in [1.807, 2.05) is 0 Å². The summed E-state index contributed by atoms with van der Waals surface area (Å²) in [6.07, 6.45) is 0. The van der Waals surface area contributed by atoms with E-state index in [-0.39, 0.29) is 38.5 Å². The number of nitro benzene ring substituents is 1. The normalized spacial score (nSPS) is 11.9. The first-order valence-electron chi connectivity index (χ1n) is 7.30. The van der Waals surface area contributed by atoms with Gasteiger partial charge >= 0.3 is 0 Å². The van der Waals surface area contributed by atoms with Gasteiger partial charge in [-0.2, -0.15) is 8.42 Å². The van der Waals surface area contributed by atoms with Crippen LogP contribution in [0, 0.1) is 10.1 Å². The van der Waals surface area contributed by atoms with Gasteiger partial charge in [0.05, 0.1) is 11.0 Å². The van der Waals surface area contributed by atoms with E-state index < -0.39 is 20.8 Å². The maximum Gasteiger partial charge on any atom is 0.295 e. The summed E-state index contributed by atoms with van der Waals surface area (Å²) in [7, 11) is -4.48. The van der Waals surface area contributed by atoms with Crippen molar-refractivity contribution in [2.24, 2.45) is 10.2 Å². The van der Waals surface area contributed by atoms with Gasteiger partial charge in [-0.3, -0.25) is 14.7 Å². The number of azo groups is 1. The number of phenols is 2. The molecule has 3 rings (SSSR count). The maximum atomic E-state index is 11.4. The van der Waals surface area contributed by atoms with Gasteiger partial charge in [0.15, 0.2) is 5.75 Å². The number of nitro groups is 1. The lowest BCUT2D eigenvalue weighted by Gasteiger charge is -2.07. The van der Waals surface area contributed by atoms with Crippen LogP contribution in [0.5, 0.6) is 11.5 Å². The molecule has 0 saturated heterocycles. The second-order valence-corrected chi connectivity index (χ2v) is 6.78. The Morgan fingerprint density at radius 2 is 1.59 bits per heavy atom. The van der Waals surface area contributed by atoms with Gasteiger partial charge in [0, 0.05) is 16.8 Å². The average molecular weight is 389 g/mol. The van der Waals surface area contributed by atoms with E-state index in [0.717, 1.165) is 12.1 Å². The van der Waals surface area contributed by atoms with Crippen LogP contribution in [-0.4, -0.2) is 28.1 Å². The zero-order valence-electron chi connectivity index (χ0n) is 13.3. The van der Waals surface area contributed by atoms with Crippen molar-refractivity contribution < 1.29 is 28.1 Å². The average Bonchev–Trinajstić information content (AvgIpc) is 2.60. The molecule has 0 amide bonds. The number of rotatable bonds is 4. The van der Waals surface area contributed by atoms with Crippen LogP contribution in [0.3, 0.4) is 0 Å². The monoisotopic (exact) mass is 389 g/mol. The zero-order valence-corrected chi connectivity index (χ0v) is 14.2. The van der Waals surface area contributed by atoms with E-state index in [9.17, 15) is 33.3 Å². The summed E-state index contributed by atoms with van der Waals surface area (Å²) in [6, 6.07) is 9.80. The first-order chi connectivity index (χ1) is 12.7. The van der Waals surface area contributed by atoms with Crippen molar-refractivity contribution in [1.29, 1.82) is 0 Å². The van der Waals surface area contributed by atoms with E-state index in [4.69, 9.17) is 0 Å². The lowest BCUT2D eigenvalue weighted by atomic mass is 10.1. The van der Waals surface area contributed by atoms with Crippen LogP contribution in [-0.2, 0) is 10.1 Å². The molecule has 0 fully saturated rings. The third-order valence-corrected chi connectivity index (χ3v) is 4.60. The highest BCUT2D eigenvalue weighted by atomic mass is 32.2. The summed E-state index contributed by atoms with van der Waals surface area (Å²) < 4.78 is 32.1. The lowest BCUT2D eigenvalue weighted by Crippen LogP contribution is -1.98. The molecule has 27 heavy (non-hydrogen) atoms. The molecular weight excluding hydrogens is 378 g/mol. The molecule has 0 radical (unpaired) electrons. The highest BCUT2D eigenvalue weighted by molar-refractivity contribution is 7.86. The van der Waals surface area contributed by atoms with Crippen LogP contribution >= 0.6 is 0 Å². The minimum absolute atomic E-state index is 0.0345. The van der Waals surface area contributed by atoms with Gasteiger partial charge in [0.1, 0.15) is 22.0 Å². The molecule has 10 nitrogen and oxygen atoms in total. The molecule has 0 spiro atoms. The molecule has 0 unspecified atom stereocenters. The van der Waals surface area contributed by atoms with E-state index in [1.54, 1.807) is 0 Å². The van der Waals surface area contributed by atoms with Crippen LogP contribution in [0.4, 0.5) is 17.1 Å². The Morgan fingerprint density at radius 1 is 0.926 bits per heavy atom. The van der Waals surface area contributed by atoms with E-state index in [2.05, 4.69) is 10.2 Å². The van der Waals surface area contributed by atoms with Crippen molar-refractivity contribution in [3.63, 3.8) is 0 Å². The third kappa shape index (κ3) is 3.54. The van der Waals surface area contributed by atoms with Crippen molar-refractivity contribution in [2.45, 2.75) is 4.90 Å². The Bertz CT molecular complexity index is 1210. The van der Waals surface area contributed by atoms with Crippen molar-refractivity contribution in [3.05, 3.63) is 58.6 Å². The molecule has 11 heteroatoms. The van der Waals surface area contributed by atoms with Crippen LogP contribution in [0.1, 0.15) is 0 Å². The first kappa shape index (κ1) is 18.2. The van der Waals surface area contributed by atoms with E-state index >= 15 is 0 Å². The standard InChI is InChI=1S/C16H11N3O7S/c20-14-8-9(19(22)23)4-6-12(14)17-18-13-7-5-10-11(16(13)21)2-1-3-15(10)27(24,25)26/h1-8,20-21H,(H,24,25,26). The fraction of sp³-hybridized carbons (Fsp3) is 0. The number of phenolic OH excluding ortho intramolecular Hbond substituents is 2. The molecule has 0 saturated carbocycles. The smallest absolute Gasteiger partial charge is 0.295 e. The summed E-state index contributed by atoms with van der Waals surface area (Å²) in [4.78, 5) is 9.61.